The molecule has 114 valence electrons. The average Bonchev–Trinajstić information content (AvgIpc) is 2.92. The van der Waals surface area contributed by atoms with Gasteiger partial charge in [-0.25, -0.2) is 0 Å². The largest absolute Gasteiger partial charge is 0.493 e. The molecule has 0 aliphatic carbocycles. The van der Waals surface area contributed by atoms with E-state index in [-0.39, 0.29) is 6.04 Å². The first-order chi connectivity index (χ1) is 10.2. The van der Waals surface area contributed by atoms with Crippen LogP contribution in [0.2, 0.25) is 5.02 Å². The van der Waals surface area contributed by atoms with E-state index in [2.05, 4.69) is 18.3 Å². The molecule has 1 aromatic heterocycles. The maximum absolute atomic E-state index is 6.27. The highest BCUT2D eigenvalue weighted by Gasteiger charge is 2.17. The van der Waals surface area contributed by atoms with E-state index in [0.717, 1.165) is 29.5 Å². The third-order valence-electron chi connectivity index (χ3n) is 3.30. The lowest BCUT2D eigenvalue weighted by Crippen LogP contribution is -2.22. The summed E-state index contributed by atoms with van der Waals surface area (Å²) in [4.78, 5) is 1.17. The Hall–Kier alpha value is -1.23. The SMILES string of the molecule is CCNC(Cc1ccc(OC)c(OC)c1)c1sccc1Cl. The van der Waals surface area contributed by atoms with Gasteiger partial charge in [0.15, 0.2) is 11.5 Å². The number of likely N-dealkylation sites (N-methyl/N-ethyl adjacent to an activating group) is 1. The van der Waals surface area contributed by atoms with E-state index in [0.29, 0.717) is 0 Å². The van der Waals surface area contributed by atoms with Crippen molar-refractivity contribution in [3.63, 3.8) is 0 Å². The van der Waals surface area contributed by atoms with Gasteiger partial charge in [0.1, 0.15) is 0 Å². The van der Waals surface area contributed by atoms with Gasteiger partial charge in [0.05, 0.1) is 19.2 Å². The zero-order valence-electron chi connectivity index (χ0n) is 12.5. The Morgan fingerprint density at radius 3 is 2.52 bits per heavy atom. The van der Waals surface area contributed by atoms with E-state index in [1.165, 1.54) is 10.4 Å². The summed E-state index contributed by atoms with van der Waals surface area (Å²) < 4.78 is 10.6. The number of methoxy groups -OCH3 is 2. The van der Waals surface area contributed by atoms with Crippen molar-refractivity contribution in [1.29, 1.82) is 0 Å². The van der Waals surface area contributed by atoms with Crippen molar-refractivity contribution >= 4 is 22.9 Å². The lowest BCUT2D eigenvalue weighted by atomic mass is 10.0. The van der Waals surface area contributed by atoms with Gasteiger partial charge < -0.3 is 14.8 Å². The summed E-state index contributed by atoms with van der Waals surface area (Å²) in [5.74, 6) is 1.50. The molecule has 1 N–H and O–H groups in total. The summed E-state index contributed by atoms with van der Waals surface area (Å²) in [6.45, 7) is 3.00. The number of thiophene rings is 1. The van der Waals surface area contributed by atoms with Crippen molar-refractivity contribution in [1.82, 2.24) is 5.32 Å². The Labute approximate surface area is 134 Å². The minimum absolute atomic E-state index is 0.209. The van der Waals surface area contributed by atoms with Crippen molar-refractivity contribution in [2.24, 2.45) is 0 Å². The zero-order valence-corrected chi connectivity index (χ0v) is 14.1. The molecule has 0 fully saturated rings. The van der Waals surface area contributed by atoms with Gasteiger partial charge in [0.2, 0.25) is 0 Å². The van der Waals surface area contributed by atoms with Gasteiger partial charge in [-0.3, -0.25) is 0 Å². The van der Waals surface area contributed by atoms with Crippen LogP contribution in [-0.4, -0.2) is 20.8 Å². The summed E-state index contributed by atoms with van der Waals surface area (Å²) in [6.07, 6.45) is 0.856. The normalized spacial score (nSPS) is 12.2. The van der Waals surface area contributed by atoms with Crippen LogP contribution in [0.15, 0.2) is 29.6 Å². The molecule has 0 spiro atoms. The van der Waals surface area contributed by atoms with Crippen molar-refractivity contribution in [2.75, 3.05) is 20.8 Å². The molecular weight excluding hydrogens is 306 g/mol. The molecule has 0 aliphatic heterocycles. The highest BCUT2D eigenvalue weighted by Crippen LogP contribution is 2.33. The lowest BCUT2D eigenvalue weighted by molar-refractivity contribution is 0.354. The number of ether oxygens (including phenoxy) is 2. The fraction of sp³-hybridized carbons (Fsp3) is 0.375. The first kappa shape index (κ1) is 16.1. The van der Waals surface area contributed by atoms with Crippen LogP contribution in [0, 0.1) is 0 Å². The summed E-state index contributed by atoms with van der Waals surface area (Å²) in [7, 11) is 3.30. The maximum atomic E-state index is 6.27. The van der Waals surface area contributed by atoms with Crippen molar-refractivity contribution in [3.05, 3.63) is 45.1 Å². The quantitative estimate of drug-likeness (QED) is 0.822. The molecular formula is C16H20ClNO2S. The van der Waals surface area contributed by atoms with E-state index in [9.17, 15) is 0 Å². The molecule has 0 amide bonds. The molecule has 0 saturated carbocycles. The van der Waals surface area contributed by atoms with Gasteiger partial charge in [0.25, 0.3) is 0 Å². The predicted molar refractivity (Wildman–Crippen MR) is 89.0 cm³/mol. The molecule has 1 aromatic carbocycles. The number of hydrogen-bond donors (Lipinski definition) is 1. The summed E-state index contributed by atoms with van der Waals surface area (Å²) in [6, 6.07) is 8.17. The average molecular weight is 326 g/mol. The molecule has 0 aliphatic rings. The minimum atomic E-state index is 0.209. The van der Waals surface area contributed by atoms with E-state index in [1.54, 1.807) is 25.6 Å². The second-order valence-corrected chi connectivity index (χ2v) is 5.99. The second-order valence-electron chi connectivity index (χ2n) is 4.64. The molecule has 1 atom stereocenters. The molecule has 21 heavy (non-hydrogen) atoms. The Bertz CT molecular complexity index is 585. The number of nitrogens with one attached hydrogen (secondary N) is 1. The molecule has 5 heteroatoms. The molecule has 0 bridgehead atoms. The van der Waals surface area contributed by atoms with Gasteiger partial charge in [-0.15, -0.1) is 11.3 Å². The van der Waals surface area contributed by atoms with E-state index in [1.807, 2.05) is 23.6 Å². The van der Waals surface area contributed by atoms with Crippen LogP contribution in [0.5, 0.6) is 11.5 Å². The van der Waals surface area contributed by atoms with E-state index >= 15 is 0 Å². The van der Waals surface area contributed by atoms with Gasteiger partial charge >= 0.3 is 0 Å². The van der Waals surface area contributed by atoms with Crippen LogP contribution in [-0.2, 0) is 6.42 Å². The number of halogens is 1. The highest BCUT2D eigenvalue weighted by atomic mass is 35.5. The van der Waals surface area contributed by atoms with Gasteiger partial charge in [-0.05, 0) is 42.1 Å². The van der Waals surface area contributed by atoms with Crippen LogP contribution >= 0.6 is 22.9 Å². The lowest BCUT2D eigenvalue weighted by Gasteiger charge is -2.18. The highest BCUT2D eigenvalue weighted by molar-refractivity contribution is 7.10. The Balaban J connectivity index is 2.23. The van der Waals surface area contributed by atoms with Crippen molar-refractivity contribution in [2.45, 2.75) is 19.4 Å². The topological polar surface area (TPSA) is 30.5 Å². The maximum Gasteiger partial charge on any atom is 0.160 e. The Morgan fingerprint density at radius 1 is 1.19 bits per heavy atom. The van der Waals surface area contributed by atoms with Gasteiger partial charge in [-0.1, -0.05) is 24.6 Å². The summed E-state index contributed by atoms with van der Waals surface area (Å²) in [5.41, 5.74) is 1.18. The molecule has 1 heterocycles. The predicted octanol–water partition coefficient (Wildman–Crippen LogP) is 4.31. The van der Waals surface area contributed by atoms with E-state index in [4.69, 9.17) is 21.1 Å². The first-order valence-corrected chi connectivity index (χ1v) is 8.12. The first-order valence-electron chi connectivity index (χ1n) is 6.86. The third kappa shape index (κ3) is 3.90. The van der Waals surface area contributed by atoms with Crippen molar-refractivity contribution in [3.8, 4) is 11.5 Å². The third-order valence-corrected chi connectivity index (χ3v) is 4.77. The fourth-order valence-corrected chi connectivity index (χ4v) is 3.57. The van der Waals surface area contributed by atoms with Crippen LogP contribution in [0.25, 0.3) is 0 Å². The van der Waals surface area contributed by atoms with Crippen LogP contribution in [0.1, 0.15) is 23.4 Å². The molecule has 0 radical (unpaired) electrons. The van der Waals surface area contributed by atoms with Gasteiger partial charge in [0, 0.05) is 10.9 Å². The molecule has 0 saturated heterocycles. The number of hydrogen-bond acceptors (Lipinski definition) is 4. The monoisotopic (exact) mass is 325 g/mol. The van der Waals surface area contributed by atoms with Gasteiger partial charge in [-0.2, -0.15) is 0 Å². The molecule has 2 aromatic rings. The molecule has 1 unspecified atom stereocenters. The second kappa shape index (κ2) is 7.69. The number of rotatable bonds is 7. The summed E-state index contributed by atoms with van der Waals surface area (Å²) >= 11 is 7.95. The minimum Gasteiger partial charge on any atom is -0.493 e. The van der Waals surface area contributed by atoms with Crippen molar-refractivity contribution < 1.29 is 9.47 Å². The number of benzene rings is 1. The fourth-order valence-electron chi connectivity index (χ4n) is 2.30. The van der Waals surface area contributed by atoms with Crippen LogP contribution < -0.4 is 14.8 Å². The smallest absolute Gasteiger partial charge is 0.160 e. The van der Waals surface area contributed by atoms with Crippen LogP contribution in [0.3, 0.4) is 0 Å². The van der Waals surface area contributed by atoms with E-state index < -0.39 is 0 Å². The molecule has 2 rings (SSSR count). The standard InChI is InChI=1S/C16H20ClNO2S/c1-4-18-13(16-12(17)7-8-21-16)9-11-5-6-14(19-2)15(10-11)20-3/h5-8,10,13,18H,4,9H2,1-3H3. The molecule has 3 nitrogen and oxygen atoms in total. The zero-order chi connectivity index (χ0) is 15.2. The Kier molecular flexibility index (Phi) is 5.91. The summed E-state index contributed by atoms with van der Waals surface area (Å²) in [5, 5.41) is 6.34. The van der Waals surface area contributed by atoms with Crippen LogP contribution in [0.4, 0.5) is 0 Å². The Morgan fingerprint density at radius 2 is 1.95 bits per heavy atom.